The normalized spacial score (nSPS) is 26.6. The van der Waals surface area contributed by atoms with Gasteiger partial charge in [-0.2, -0.15) is 0 Å². The molecule has 2 radical (unpaired) electrons. The first-order valence-electron chi connectivity index (χ1n) is 3.72. The number of hydrogen-bond donors (Lipinski definition) is 0. The SMILES string of the molecule is CN(C)C1=[Se][Se]2([Se]1)[Se]C(N(C)C)=[Se]2. The molecule has 0 bridgehead atoms. The fourth-order valence-corrected chi connectivity index (χ4v) is 134. The Balaban J connectivity index is 2.03. The molecular weight excluding hydrogens is 495 g/mol. The van der Waals surface area contributed by atoms with E-state index < -0.39 is 5.54 Å². The van der Waals surface area contributed by atoms with Crippen LogP contribution >= 0.6 is 0 Å². The maximum atomic E-state index is 2.41. The monoisotopic (exact) mass is 512 g/mol. The first-order chi connectivity index (χ1) is 6.02. The quantitative estimate of drug-likeness (QED) is 0.384. The molecule has 76 valence electrons. The Hall–Kier alpha value is 2.26. The van der Waals surface area contributed by atoms with Gasteiger partial charge in [0, 0.05) is 0 Å². The zero-order valence-corrected chi connectivity index (χ0v) is 16.5. The molecule has 0 atom stereocenters. The van der Waals surface area contributed by atoms with E-state index in [1.54, 1.807) is 0 Å². The summed E-state index contributed by atoms with van der Waals surface area (Å²) in [7, 11) is 8.94. The fraction of sp³-hybridized carbons (Fsp3) is 0.667. The van der Waals surface area contributed by atoms with E-state index in [1.807, 2.05) is 6.88 Å². The number of hydrogen-bond acceptors (Lipinski definition) is 2. The van der Waals surface area contributed by atoms with Gasteiger partial charge in [-0.3, -0.25) is 0 Å². The van der Waals surface area contributed by atoms with E-state index in [1.165, 1.54) is 0 Å². The van der Waals surface area contributed by atoms with Crippen LogP contribution in [0.3, 0.4) is 0 Å². The second-order valence-corrected chi connectivity index (χ2v) is 74.5. The third-order valence-corrected chi connectivity index (χ3v) is 84.2. The van der Waals surface area contributed by atoms with E-state index in [0.29, 0.717) is 0 Å². The predicted molar refractivity (Wildman–Crippen MR) is 66.2 cm³/mol. The molecule has 2 nitrogen and oxygen atoms in total. The predicted octanol–water partition coefficient (Wildman–Crippen LogP) is -2.44. The molecule has 0 unspecified atom stereocenters. The van der Waals surface area contributed by atoms with E-state index in [0.717, 1.165) is 51.7 Å². The molecule has 0 aromatic carbocycles. The summed E-state index contributed by atoms with van der Waals surface area (Å²) in [5.74, 6) is 0. The van der Waals surface area contributed by atoms with Gasteiger partial charge in [0.1, 0.15) is 0 Å². The molecule has 2 heterocycles. The Labute approximate surface area is 101 Å². The summed E-state index contributed by atoms with van der Waals surface area (Å²) < 4.78 is 3.73. The maximum absolute atomic E-state index is 2.41. The second-order valence-electron chi connectivity index (χ2n) is 3.06. The molecule has 0 saturated carbocycles. The molecule has 0 N–H and O–H groups in total. The van der Waals surface area contributed by atoms with Gasteiger partial charge < -0.3 is 0 Å². The van der Waals surface area contributed by atoms with Crippen LogP contribution in [0.5, 0.6) is 0 Å². The first-order valence-corrected chi connectivity index (χ1v) is 24.5. The van der Waals surface area contributed by atoms with Gasteiger partial charge in [-0.15, -0.1) is 0 Å². The summed E-state index contributed by atoms with van der Waals surface area (Å²) in [6.45, 7) is 0. The van der Waals surface area contributed by atoms with E-state index in [9.17, 15) is 0 Å². The van der Waals surface area contributed by atoms with Crippen molar-refractivity contribution < 1.29 is 0 Å². The summed E-state index contributed by atoms with van der Waals surface area (Å²) in [6, 6.07) is 0. The Morgan fingerprint density at radius 1 is 0.846 bits per heavy atom. The molecule has 2 aliphatic rings. The van der Waals surface area contributed by atoms with Crippen LogP contribution in [0.25, 0.3) is 0 Å². The molecule has 2 rings (SSSR count). The van der Waals surface area contributed by atoms with Gasteiger partial charge in [0.15, 0.2) is 0 Å². The minimum atomic E-state index is -0.623. The van der Waals surface area contributed by atoms with Crippen LogP contribution in [-0.4, -0.2) is 102 Å². The number of nitrogens with zero attached hydrogens (tertiary/aromatic N) is 2. The van der Waals surface area contributed by atoms with Crippen LogP contribution in [0.4, 0.5) is 0 Å². The third kappa shape index (κ3) is 2.34. The molecular formula is C6H12N2Se5. The topological polar surface area (TPSA) is 6.48 Å². The molecule has 0 saturated heterocycles. The van der Waals surface area contributed by atoms with Crippen LogP contribution in [0.15, 0.2) is 0 Å². The summed E-state index contributed by atoms with van der Waals surface area (Å²) in [5, 5.41) is 0. The summed E-state index contributed by atoms with van der Waals surface area (Å²) in [6.07, 6.45) is 0. The average molecular weight is 507 g/mol. The van der Waals surface area contributed by atoms with Crippen molar-refractivity contribution in [3.8, 4) is 0 Å². The van der Waals surface area contributed by atoms with E-state index in [2.05, 4.69) is 38.0 Å². The molecule has 7 heteroatoms. The van der Waals surface area contributed by atoms with Crippen LogP contribution in [0.2, 0.25) is 0 Å². The third-order valence-electron chi connectivity index (χ3n) is 1.42. The Morgan fingerprint density at radius 3 is 1.38 bits per heavy atom. The minimum absolute atomic E-state index is 0.623. The molecule has 0 aromatic rings. The van der Waals surface area contributed by atoms with Crippen LogP contribution < -0.4 is 0 Å². The summed E-state index contributed by atoms with van der Waals surface area (Å²) in [5.41, 5.74) is -0.623. The average Bonchev–Trinajstić information content (AvgIpc) is 1.78. The zero-order chi connectivity index (χ0) is 9.64. The standard InChI is InChI=1S/C6H12N2Se5/c1-7(2)5-9-13(10-5)11-6(12-13)8(3)4/h1-4H3. The van der Waals surface area contributed by atoms with E-state index >= 15 is 0 Å². The molecule has 0 fully saturated rings. The molecule has 0 aliphatic carbocycles. The molecule has 0 amide bonds. The Kier molecular flexibility index (Phi) is 3.84. The van der Waals surface area contributed by atoms with Crippen molar-refractivity contribution in [1.82, 2.24) is 9.80 Å². The van der Waals surface area contributed by atoms with Gasteiger partial charge in [0.2, 0.25) is 0 Å². The first kappa shape index (κ1) is 11.7. The Bertz CT molecular complexity index is 265. The van der Waals surface area contributed by atoms with Crippen molar-refractivity contribution in [3.05, 3.63) is 0 Å². The summed E-state index contributed by atoms with van der Waals surface area (Å²) >= 11 is 4.11. The van der Waals surface area contributed by atoms with Gasteiger partial charge in [-0.1, -0.05) is 0 Å². The summed E-state index contributed by atoms with van der Waals surface area (Å²) in [4.78, 5) is 4.81. The zero-order valence-electron chi connectivity index (χ0n) is 7.94. The van der Waals surface area contributed by atoms with E-state index in [4.69, 9.17) is 0 Å². The van der Waals surface area contributed by atoms with Gasteiger partial charge >= 0.3 is 102 Å². The van der Waals surface area contributed by atoms with Gasteiger partial charge in [-0.25, -0.2) is 0 Å². The van der Waals surface area contributed by atoms with E-state index in [-0.39, 0.29) is 0 Å². The Morgan fingerprint density at radius 2 is 1.15 bits per heavy atom. The second kappa shape index (κ2) is 4.26. The van der Waals surface area contributed by atoms with Gasteiger partial charge in [0.05, 0.1) is 0 Å². The molecule has 1 spiro atoms. The van der Waals surface area contributed by atoms with Crippen molar-refractivity contribution in [2.24, 2.45) is 0 Å². The molecule has 0 aromatic heterocycles. The molecule has 2 aliphatic heterocycles. The number of rotatable bonds is 2. The van der Waals surface area contributed by atoms with Crippen LogP contribution in [-0.2, 0) is 0 Å². The van der Waals surface area contributed by atoms with Crippen molar-refractivity contribution in [3.63, 3.8) is 0 Å². The fourth-order valence-electron chi connectivity index (χ4n) is 0.728. The van der Waals surface area contributed by atoms with Crippen molar-refractivity contribution in [2.45, 2.75) is 0 Å². The van der Waals surface area contributed by atoms with Crippen molar-refractivity contribution >= 4 is 64.1 Å². The molecule has 13 heavy (non-hydrogen) atoms. The van der Waals surface area contributed by atoms with Crippen LogP contribution in [0, 0.1) is 0 Å². The van der Waals surface area contributed by atoms with Crippen LogP contribution in [0.1, 0.15) is 0 Å². The van der Waals surface area contributed by atoms with Crippen molar-refractivity contribution in [1.29, 1.82) is 0 Å². The van der Waals surface area contributed by atoms with Crippen molar-refractivity contribution in [2.75, 3.05) is 28.2 Å². The van der Waals surface area contributed by atoms with Gasteiger partial charge in [0.25, 0.3) is 0 Å². The van der Waals surface area contributed by atoms with Gasteiger partial charge in [-0.05, 0) is 0 Å².